The Balaban J connectivity index is 2.82. The van der Waals surface area contributed by atoms with Gasteiger partial charge < -0.3 is 15.8 Å². The summed E-state index contributed by atoms with van der Waals surface area (Å²) in [7, 11) is 0. The summed E-state index contributed by atoms with van der Waals surface area (Å²) in [5, 5.41) is 9.96. The van der Waals surface area contributed by atoms with E-state index >= 15 is 0 Å². The van der Waals surface area contributed by atoms with Crippen LogP contribution in [0.1, 0.15) is 5.56 Å². The Kier molecular flexibility index (Phi) is 1.52. The molecule has 0 saturated carbocycles. The number of aliphatic hydroxyl groups excluding tert-OH is 1. The highest BCUT2D eigenvalue weighted by atomic mass is 16.3. The van der Waals surface area contributed by atoms with Crippen LogP contribution in [0.3, 0.4) is 0 Å². The summed E-state index contributed by atoms with van der Waals surface area (Å²) in [5.74, 6) is 0. The van der Waals surface area contributed by atoms with E-state index < -0.39 is 0 Å². The SMILES string of the molecule is Nc1ccc(CO)c2[nH]ccc12. The van der Waals surface area contributed by atoms with Crippen LogP contribution in [-0.4, -0.2) is 10.1 Å². The number of H-pyrrole nitrogens is 1. The Labute approximate surface area is 69.8 Å². The lowest BCUT2D eigenvalue weighted by Crippen LogP contribution is -1.89. The normalized spacial score (nSPS) is 10.8. The van der Waals surface area contributed by atoms with Crippen molar-refractivity contribution in [3.8, 4) is 0 Å². The minimum absolute atomic E-state index is 0.0390. The van der Waals surface area contributed by atoms with Gasteiger partial charge in [0.15, 0.2) is 0 Å². The third-order valence-electron chi connectivity index (χ3n) is 2.01. The number of aromatic amines is 1. The molecule has 0 amide bonds. The summed E-state index contributed by atoms with van der Waals surface area (Å²) in [6, 6.07) is 5.54. The molecule has 12 heavy (non-hydrogen) atoms. The smallest absolute Gasteiger partial charge is 0.0702 e. The number of anilines is 1. The van der Waals surface area contributed by atoms with E-state index in [9.17, 15) is 0 Å². The lowest BCUT2D eigenvalue weighted by Gasteiger charge is -2.00. The lowest BCUT2D eigenvalue weighted by atomic mass is 10.1. The maximum absolute atomic E-state index is 8.98. The molecule has 1 aromatic carbocycles. The van der Waals surface area contributed by atoms with Crippen molar-refractivity contribution in [3.63, 3.8) is 0 Å². The molecule has 0 aliphatic heterocycles. The van der Waals surface area contributed by atoms with E-state index in [1.165, 1.54) is 0 Å². The van der Waals surface area contributed by atoms with Gasteiger partial charge in [-0.3, -0.25) is 0 Å². The van der Waals surface area contributed by atoms with Crippen LogP contribution in [0.2, 0.25) is 0 Å². The molecule has 0 bridgehead atoms. The Bertz CT molecular complexity index is 406. The number of nitrogen functional groups attached to an aromatic ring is 1. The number of rotatable bonds is 1. The van der Waals surface area contributed by atoms with Gasteiger partial charge in [-0.05, 0) is 12.1 Å². The van der Waals surface area contributed by atoms with Crippen molar-refractivity contribution in [1.82, 2.24) is 4.98 Å². The quantitative estimate of drug-likeness (QED) is 0.552. The van der Waals surface area contributed by atoms with Gasteiger partial charge in [0.05, 0.1) is 12.1 Å². The fraction of sp³-hybridized carbons (Fsp3) is 0.111. The molecule has 1 heterocycles. The molecular weight excluding hydrogens is 152 g/mol. The maximum Gasteiger partial charge on any atom is 0.0702 e. The number of aliphatic hydroxyl groups is 1. The van der Waals surface area contributed by atoms with Crippen LogP contribution < -0.4 is 5.73 Å². The fourth-order valence-corrected chi connectivity index (χ4v) is 1.37. The lowest BCUT2D eigenvalue weighted by molar-refractivity contribution is 0.283. The van der Waals surface area contributed by atoms with Gasteiger partial charge in [-0.1, -0.05) is 6.07 Å². The molecule has 1 aromatic heterocycles. The van der Waals surface area contributed by atoms with Crippen molar-refractivity contribution in [2.45, 2.75) is 6.61 Å². The molecule has 0 fully saturated rings. The van der Waals surface area contributed by atoms with Gasteiger partial charge in [-0.15, -0.1) is 0 Å². The van der Waals surface area contributed by atoms with Crippen LogP contribution in [0.25, 0.3) is 10.9 Å². The molecule has 0 spiro atoms. The van der Waals surface area contributed by atoms with E-state index in [4.69, 9.17) is 10.8 Å². The molecule has 0 radical (unpaired) electrons. The molecule has 62 valence electrons. The van der Waals surface area contributed by atoms with Crippen molar-refractivity contribution in [1.29, 1.82) is 0 Å². The van der Waals surface area contributed by atoms with Crippen LogP contribution in [0.15, 0.2) is 24.4 Å². The number of nitrogens with one attached hydrogen (secondary N) is 1. The molecule has 3 nitrogen and oxygen atoms in total. The van der Waals surface area contributed by atoms with Gasteiger partial charge in [0.25, 0.3) is 0 Å². The van der Waals surface area contributed by atoms with Gasteiger partial charge in [0, 0.05) is 22.8 Å². The molecule has 4 N–H and O–H groups in total. The Morgan fingerprint density at radius 3 is 2.92 bits per heavy atom. The van der Waals surface area contributed by atoms with Crippen LogP contribution in [0.4, 0.5) is 5.69 Å². The Morgan fingerprint density at radius 2 is 2.17 bits per heavy atom. The Hall–Kier alpha value is -1.48. The number of fused-ring (bicyclic) bond motifs is 1. The zero-order chi connectivity index (χ0) is 8.55. The number of hydrogen-bond acceptors (Lipinski definition) is 2. The second-order valence-electron chi connectivity index (χ2n) is 2.74. The van der Waals surface area contributed by atoms with E-state index in [0.29, 0.717) is 0 Å². The topological polar surface area (TPSA) is 62.0 Å². The highest BCUT2D eigenvalue weighted by molar-refractivity contribution is 5.92. The number of aromatic nitrogens is 1. The predicted molar refractivity (Wildman–Crippen MR) is 48.6 cm³/mol. The van der Waals surface area contributed by atoms with Crippen molar-refractivity contribution < 1.29 is 5.11 Å². The molecule has 0 aliphatic rings. The van der Waals surface area contributed by atoms with Gasteiger partial charge in [0.1, 0.15) is 0 Å². The van der Waals surface area contributed by atoms with Crippen LogP contribution in [0, 0.1) is 0 Å². The molecule has 0 unspecified atom stereocenters. The first-order valence-corrected chi connectivity index (χ1v) is 3.78. The van der Waals surface area contributed by atoms with Crippen molar-refractivity contribution in [2.24, 2.45) is 0 Å². The summed E-state index contributed by atoms with van der Waals surface area (Å²) in [4.78, 5) is 3.04. The number of benzene rings is 1. The summed E-state index contributed by atoms with van der Waals surface area (Å²) in [6.45, 7) is 0.0390. The third-order valence-corrected chi connectivity index (χ3v) is 2.01. The van der Waals surface area contributed by atoms with Crippen molar-refractivity contribution >= 4 is 16.6 Å². The van der Waals surface area contributed by atoms with Gasteiger partial charge in [0.2, 0.25) is 0 Å². The second kappa shape index (κ2) is 2.53. The molecule has 0 saturated heterocycles. The maximum atomic E-state index is 8.98. The highest BCUT2D eigenvalue weighted by Crippen LogP contribution is 2.22. The van der Waals surface area contributed by atoms with Crippen LogP contribution in [-0.2, 0) is 6.61 Å². The first-order valence-electron chi connectivity index (χ1n) is 3.78. The average Bonchev–Trinajstić information content (AvgIpc) is 2.54. The van der Waals surface area contributed by atoms with E-state index in [1.54, 1.807) is 0 Å². The summed E-state index contributed by atoms with van der Waals surface area (Å²) < 4.78 is 0. The number of hydrogen-bond donors (Lipinski definition) is 3. The molecule has 2 aromatic rings. The monoisotopic (exact) mass is 162 g/mol. The molecule has 2 rings (SSSR count). The molecule has 0 atom stereocenters. The fourth-order valence-electron chi connectivity index (χ4n) is 1.37. The van der Waals surface area contributed by atoms with Crippen molar-refractivity contribution in [2.75, 3.05) is 5.73 Å². The predicted octanol–water partition coefficient (Wildman–Crippen LogP) is 1.24. The largest absolute Gasteiger partial charge is 0.398 e. The first kappa shape index (κ1) is 7.18. The molecule has 0 aliphatic carbocycles. The van der Waals surface area contributed by atoms with Crippen LogP contribution in [0.5, 0.6) is 0 Å². The highest BCUT2D eigenvalue weighted by Gasteiger charge is 2.02. The molecule has 3 heteroatoms. The summed E-state index contributed by atoms with van der Waals surface area (Å²) in [6.07, 6.45) is 1.82. The summed E-state index contributed by atoms with van der Waals surface area (Å²) >= 11 is 0. The first-order chi connectivity index (χ1) is 5.83. The van der Waals surface area contributed by atoms with Crippen molar-refractivity contribution in [3.05, 3.63) is 30.0 Å². The second-order valence-corrected chi connectivity index (χ2v) is 2.74. The van der Waals surface area contributed by atoms with Gasteiger partial charge in [-0.2, -0.15) is 0 Å². The minimum atomic E-state index is 0.0390. The average molecular weight is 162 g/mol. The number of nitrogens with two attached hydrogens (primary N) is 1. The zero-order valence-corrected chi connectivity index (χ0v) is 6.54. The molecular formula is C9H10N2O. The summed E-state index contributed by atoms with van der Waals surface area (Å²) in [5.41, 5.74) is 8.27. The standard InChI is InChI=1S/C9H10N2O/c10-8-2-1-6(5-12)9-7(8)3-4-11-9/h1-4,11-12H,5,10H2. The van der Waals surface area contributed by atoms with E-state index in [-0.39, 0.29) is 6.61 Å². The van der Waals surface area contributed by atoms with E-state index in [1.807, 2.05) is 24.4 Å². The van der Waals surface area contributed by atoms with Gasteiger partial charge >= 0.3 is 0 Å². The Morgan fingerprint density at radius 1 is 1.33 bits per heavy atom. The minimum Gasteiger partial charge on any atom is -0.398 e. The third kappa shape index (κ3) is 0.871. The van der Waals surface area contributed by atoms with Crippen LogP contribution >= 0.6 is 0 Å². The zero-order valence-electron chi connectivity index (χ0n) is 6.54. The van der Waals surface area contributed by atoms with E-state index in [0.717, 1.165) is 22.2 Å². The van der Waals surface area contributed by atoms with Gasteiger partial charge in [-0.25, -0.2) is 0 Å². The van der Waals surface area contributed by atoms with E-state index in [2.05, 4.69) is 4.98 Å².